The van der Waals surface area contributed by atoms with E-state index in [2.05, 4.69) is 19.6 Å². The van der Waals surface area contributed by atoms with Crippen molar-refractivity contribution in [3.63, 3.8) is 0 Å². The van der Waals surface area contributed by atoms with Crippen LogP contribution in [0.1, 0.15) is 32.4 Å². The smallest absolute Gasteiger partial charge is 0.244 e. The molecule has 1 N–H and O–H groups in total. The first-order valence-corrected chi connectivity index (χ1v) is 11.0. The molecule has 0 amide bonds. The molecule has 1 aliphatic heterocycles. The molecule has 1 aromatic carbocycles. The maximum Gasteiger partial charge on any atom is 0.244 e. The third kappa shape index (κ3) is 4.90. The standard InChI is InChI=1S/C19H26N4O4S/c1-3-26-16-7-8-17(27-4-2)18(13-16)28(24,25)21-14-15-9-10-20-19(22-15)23-11-5-6-12-23/h7-10,13,21H,3-6,11-12,14H2,1-2H3. The number of hydrogen-bond donors (Lipinski definition) is 1. The molecule has 0 aliphatic carbocycles. The van der Waals surface area contributed by atoms with Crippen LogP contribution >= 0.6 is 0 Å². The van der Waals surface area contributed by atoms with Crippen molar-refractivity contribution in [2.75, 3.05) is 31.2 Å². The van der Waals surface area contributed by atoms with Gasteiger partial charge in [0.1, 0.15) is 16.4 Å². The van der Waals surface area contributed by atoms with Gasteiger partial charge in [-0.3, -0.25) is 0 Å². The zero-order chi connectivity index (χ0) is 20.0. The number of aromatic nitrogens is 2. The molecule has 0 atom stereocenters. The number of anilines is 1. The van der Waals surface area contributed by atoms with Crippen molar-refractivity contribution in [1.29, 1.82) is 0 Å². The molecule has 1 aliphatic rings. The van der Waals surface area contributed by atoms with Crippen LogP contribution in [0.3, 0.4) is 0 Å². The summed E-state index contributed by atoms with van der Waals surface area (Å²) in [7, 11) is -3.81. The second-order valence-electron chi connectivity index (χ2n) is 6.34. The fourth-order valence-electron chi connectivity index (χ4n) is 3.03. The Bertz CT molecular complexity index is 899. The van der Waals surface area contributed by atoms with Gasteiger partial charge in [-0.25, -0.2) is 23.1 Å². The third-order valence-corrected chi connectivity index (χ3v) is 5.77. The fraction of sp³-hybridized carbons (Fsp3) is 0.474. The molecule has 1 aromatic heterocycles. The lowest BCUT2D eigenvalue weighted by molar-refractivity contribution is 0.322. The molecule has 0 spiro atoms. The predicted octanol–water partition coefficient (Wildman–Crippen LogP) is 2.35. The molecular formula is C19H26N4O4S. The number of benzene rings is 1. The highest BCUT2D eigenvalue weighted by Gasteiger charge is 2.21. The SMILES string of the molecule is CCOc1ccc(OCC)c(S(=O)(=O)NCc2ccnc(N3CCCC3)n2)c1. The second kappa shape index (κ2) is 9.20. The maximum absolute atomic E-state index is 12.9. The van der Waals surface area contributed by atoms with Crippen molar-refractivity contribution in [2.45, 2.75) is 38.1 Å². The van der Waals surface area contributed by atoms with Crippen LogP contribution in [-0.2, 0) is 16.6 Å². The first-order valence-electron chi connectivity index (χ1n) is 9.49. The Morgan fingerprint density at radius 2 is 1.86 bits per heavy atom. The van der Waals surface area contributed by atoms with Gasteiger partial charge < -0.3 is 14.4 Å². The van der Waals surface area contributed by atoms with Crippen molar-refractivity contribution >= 4 is 16.0 Å². The second-order valence-corrected chi connectivity index (χ2v) is 8.08. The summed E-state index contributed by atoms with van der Waals surface area (Å²) in [4.78, 5) is 10.9. The van der Waals surface area contributed by atoms with Gasteiger partial charge in [0.2, 0.25) is 16.0 Å². The molecular weight excluding hydrogens is 380 g/mol. The minimum absolute atomic E-state index is 0.0501. The first kappa shape index (κ1) is 20.3. The summed E-state index contributed by atoms with van der Waals surface area (Å²) in [6.07, 6.45) is 3.90. The van der Waals surface area contributed by atoms with Gasteiger partial charge in [-0.1, -0.05) is 0 Å². The van der Waals surface area contributed by atoms with Crippen molar-refractivity contribution in [2.24, 2.45) is 0 Å². The van der Waals surface area contributed by atoms with Gasteiger partial charge in [-0.2, -0.15) is 0 Å². The zero-order valence-corrected chi connectivity index (χ0v) is 17.0. The molecule has 28 heavy (non-hydrogen) atoms. The lowest BCUT2D eigenvalue weighted by Crippen LogP contribution is -2.26. The lowest BCUT2D eigenvalue weighted by Gasteiger charge is -2.16. The van der Waals surface area contributed by atoms with Crippen LogP contribution in [0.4, 0.5) is 5.95 Å². The Hall–Kier alpha value is -2.39. The van der Waals surface area contributed by atoms with Crippen LogP contribution in [0.15, 0.2) is 35.4 Å². The van der Waals surface area contributed by atoms with E-state index in [1.807, 2.05) is 6.92 Å². The highest BCUT2D eigenvalue weighted by Crippen LogP contribution is 2.28. The van der Waals surface area contributed by atoms with E-state index >= 15 is 0 Å². The van der Waals surface area contributed by atoms with Gasteiger partial charge >= 0.3 is 0 Å². The van der Waals surface area contributed by atoms with Crippen LogP contribution in [-0.4, -0.2) is 44.7 Å². The maximum atomic E-state index is 12.9. The van der Waals surface area contributed by atoms with Gasteiger partial charge in [0, 0.05) is 25.4 Å². The van der Waals surface area contributed by atoms with E-state index in [-0.39, 0.29) is 11.4 Å². The highest BCUT2D eigenvalue weighted by molar-refractivity contribution is 7.89. The van der Waals surface area contributed by atoms with Gasteiger partial charge in [0.05, 0.1) is 25.5 Å². The predicted molar refractivity (Wildman–Crippen MR) is 106 cm³/mol. The van der Waals surface area contributed by atoms with E-state index in [0.717, 1.165) is 25.9 Å². The summed E-state index contributed by atoms with van der Waals surface area (Å²) in [5, 5.41) is 0. The molecule has 0 bridgehead atoms. The van der Waals surface area contributed by atoms with Gasteiger partial charge in [0.25, 0.3) is 0 Å². The molecule has 9 heteroatoms. The van der Waals surface area contributed by atoms with Crippen LogP contribution in [0.2, 0.25) is 0 Å². The van der Waals surface area contributed by atoms with E-state index < -0.39 is 10.0 Å². The number of rotatable bonds is 9. The van der Waals surface area contributed by atoms with Crippen molar-refractivity contribution in [1.82, 2.24) is 14.7 Å². The summed E-state index contributed by atoms with van der Waals surface area (Å²) >= 11 is 0. The van der Waals surface area contributed by atoms with Gasteiger partial charge in [-0.15, -0.1) is 0 Å². The number of hydrogen-bond acceptors (Lipinski definition) is 7. The Morgan fingerprint density at radius 3 is 2.57 bits per heavy atom. The molecule has 3 rings (SSSR count). The van der Waals surface area contributed by atoms with E-state index in [0.29, 0.717) is 36.4 Å². The van der Waals surface area contributed by atoms with Crippen molar-refractivity contribution in [3.8, 4) is 11.5 Å². The Morgan fingerprint density at radius 1 is 1.11 bits per heavy atom. The Kier molecular flexibility index (Phi) is 6.69. The van der Waals surface area contributed by atoms with Crippen LogP contribution in [0.5, 0.6) is 11.5 Å². The zero-order valence-electron chi connectivity index (χ0n) is 16.2. The molecule has 2 aromatic rings. The summed E-state index contributed by atoms with van der Waals surface area (Å²) in [5.41, 5.74) is 0.611. The van der Waals surface area contributed by atoms with Crippen LogP contribution < -0.4 is 19.1 Å². The van der Waals surface area contributed by atoms with Crippen molar-refractivity contribution in [3.05, 3.63) is 36.2 Å². The summed E-state index contributed by atoms with van der Waals surface area (Å²) in [6.45, 7) is 6.38. The normalized spacial score (nSPS) is 14.3. The summed E-state index contributed by atoms with van der Waals surface area (Å²) in [5.74, 6) is 1.41. The van der Waals surface area contributed by atoms with Crippen LogP contribution in [0.25, 0.3) is 0 Å². The average Bonchev–Trinajstić information content (AvgIpc) is 3.23. The molecule has 8 nitrogen and oxygen atoms in total. The molecule has 0 radical (unpaired) electrons. The number of nitrogens with one attached hydrogen (secondary N) is 1. The molecule has 0 unspecified atom stereocenters. The van der Waals surface area contributed by atoms with E-state index in [9.17, 15) is 8.42 Å². The first-order chi connectivity index (χ1) is 13.5. The van der Waals surface area contributed by atoms with Gasteiger partial charge in [0.15, 0.2) is 0 Å². The summed E-state index contributed by atoms with van der Waals surface area (Å²) in [6, 6.07) is 6.49. The molecule has 152 valence electrons. The largest absolute Gasteiger partial charge is 0.494 e. The molecule has 1 fully saturated rings. The Labute approximate surface area is 166 Å². The van der Waals surface area contributed by atoms with E-state index in [4.69, 9.17) is 9.47 Å². The molecule has 2 heterocycles. The van der Waals surface area contributed by atoms with Gasteiger partial charge in [-0.05, 0) is 44.9 Å². The monoisotopic (exact) mass is 406 g/mol. The molecule has 0 saturated carbocycles. The van der Waals surface area contributed by atoms with E-state index in [1.165, 1.54) is 6.07 Å². The highest BCUT2D eigenvalue weighted by atomic mass is 32.2. The van der Waals surface area contributed by atoms with Crippen LogP contribution in [0, 0.1) is 0 Å². The minimum Gasteiger partial charge on any atom is -0.494 e. The topological polar surface area (TPSA) is 93.6 Å². The van der Waals surface area contributed by atoms with E-state index in [1.54, 1.807) is 31.3 Å². The minimum atomic E-state index is -3.81. The quantitative estimate of drug-likeness (QED) is 0.683. The number of sulfonamides is 1. The third-order valence-electron chi connectivity index (χ3n) is 4.35. The fourth-order valence-corrected chi connectivity index (χ4v) is 4.19. The Balaban J connectivity index is 1.78. The summed E-state index contributed by atoms with van der Waals surface area (Å²) < 4.78 is 39.3. The number of ether oxygens (including phenoxy) is 2. The lowest BCUT2D eigenvalue weighted by atomic mass is 10.3. The van der Waals surface area contributed by atoms with Crippen molar-refractivity contribution < 1.29 is 17.9 Å². The number of nitrogens with zero attached hydrogens (tertiary/aromatic N) is 3. The molecule has 1 saturated heterocycles. The average molecular weight is 407 g/mol.